The van der Waals surface area contributed by atoms with E-state index in [0.29, 0.717) is 16.9 Å². The van der Waals surface area contributed by atoms with E-state index >= 15 is 0 Å². The van der Waals surface area contributed by atoms with Crippen molar-refractivity contribution in [1.29, 1.82) is 0 Å². The highest BCUT2D eigenvalue weighted by Gasteiger charge is 2.21. The van der Waals surface area contributed by atoms with Crippen molar-refractivity contribution in [3.05, 3.63) is 35.7 Å². The third kappa shape index (κ3) is 2.70. The molecule has 2 aromatic rings. The number of hydrogen-bond acceptors (Lipinski definition) is 4. The molecule has 1 aromatic heterocycles. The molecule has 1 aromatic carbocycles. The van der Waals surface area contributed by atoms with Gasteiger partial charge in [-0.1, -0.05) is 0 Å². The Morgan fingerprint density at radius 3 is 2.37 bits per heavy atom. The number of hydrogen-bond donors (Lipinski definition) is 2. The Labute approximate surface area is 111 Å². The minimum atomic E-state index is -3.67. The van der Waals surface area contributed by atoms with Gasteiger partial charge in [0.05, 0.1) is 12.0 Å². The predicted octanol–water partition coefficient (Wildman–Crippen LogP) is 1.84. The number of rotatable bonds is 4. The number of methoxy groups -OCH3 is 1. The van der Waals surface area contributed by atoms with Gasteiger partial charge in [-0.05, 0) is 37.1 Å². The molecule has 0 aliphatic carbocycles. The topological polar surface area (TPSA) is 84.1 Å². The number of ether oxygens (including phenoxy) is 1. The molecule has 0 spiro atoms. The number of imidazole rings is 1. The van der Waals surface area contributed by atoms with Gasteiger partial charge in [0.15, 0.2) is 0 Å². The smallest absolute Gasteiger partial charge is 0.264 e. The number of aromatic nitrogens is 2. The Balaban J connectivity index is 2.46. The predicted molar refractivity (Wildman–Crippen MR) is 71.9 cm³/mol. The summed E-state index contributed by atoms with van der Waals surface area (Å²) in [5.41, 5.74) is 1.24. The summed E-state index contributed by atoms with van der Waals surface area (Å²) in [4.78, 5) is 6.79. The van der Waals surface area contributed by atoms with E-state index in [4.69, 9.17) is 4.74 Å². The molecule has 0 saturated heterocycles. The number of aryl methyl sites for hydroxylation is 2. The zero-order chi connectivity index (χ0) is 14.0. The first-order valence-electron chi connectivity index (χ1n) is 5.61. The van der Waals surface area contributed by atoms with Gasteiger partial charge < -0.3 is 9.72 Å². The summed E-state index contributed by atoms with van der Waals surface area (Å²) in [7, 11) is -2.12. The van der Waals surface area contributed by atoms with Crippen molar-refractivity contribution in [1.82, 2.24) is 9.97 Å². The summed E-state index contributed by atoms with van der Waals surface area (Å²) in [6.07, 6.45) is 3.02. The average molecular weight is 281 g/mol. The van der Waals surface area contributed by atoms with E-state index < -0.39 is 10.0 Å². The maximum atomic E-state index is 12.3. The standard InChI is InChI=1S/C12H15N3O3S/c1-8-6-10(18-3)7-9(2)11(8)19(16,17)15-12-13-4-5-14-12/h4-7H,1-3H3,(H2,13,14,15). The number of nitrogens with one attached hydrogen (secondary N) is 2. The van der Waals surface area contributed by atoms with Crippen molar-refractivity contribution in [2.45, 2.75) is 18.7 Å². The van der Waals surface area contributed by atoms with Crippen LogP contribution in [0.3, 0.4) is 0 Å². The molecule has 0 fully saturated rings. The molecule has 0 bridgehead atoms. The fraction of sp³-hybridized carbons (Fsp3) is 0.250. The number of H-pyrrole nitrogens is 1. The minimum Gasteiger partial charge on any atom is -0.497 e. The van der Waals surface area contributed by atoms with E-state index in [2.05, 4.69) is 14.7 Å². The van der Waals surface area contributed by atoms with E-state index in [1.165, 1.54) is 6.20 Å². The van der Waals surface area contributed by atoms with E-state index in [-0.39, 0.29) is 10.8 Å². The van der Waals surface area contributed by atoms with Gasteiger partial charge in [-0.15, -0.1) is 0 Å². The van der Waals surface area contributed by atoms with E-state index in [0.717, 1.165) is 0 Å². The molecule has 0 unspecified atom stereocenters. The molecule has 7 heteroatoms. The molecule has 19 heavy (non-hydrogen) atoms. The fourth-order valence-corrected chi connectivity index (χ4v) is 3.39. The van der Waals surface area contributed by atoms with Crippen LogP contribution in [0.2, 0.25) is 0 Å². The first-order valence-corrected chi connectivity index (χ1v) is 7.10. The second-order valence-corrected chi connectivity index (χ2v) is 5.75. The van der Waals surface area contributed by atoms with Crippen LogP contribution in [0.5, 0.6) is 5.75 Å². The Morgan fingerprint density at radius 1 is 1.26 bits per heavy atom. The van der Waals surface area contributed by atoms with Gasteiger partial charge in [0.2, 0.25) is 5.95 Å². The molecule has 0 radical (unpaired) electrons. The van der Waals surface area contributed by atoms with Gasteiger partial charge in [-0.25, -0.2) is 18.1 Å². The maximum Gasteiger partial charge on any atom is 0.264 e. The molecule has 6 nitrogen and oxygen atoms in total. The van der Waals surface area contributed by atoms with Crippen molar-refractivity contribution in [3.8, 4) is 5.75 Å². The van der Waals surface area contributed by atoms with Crippen LogP contribution in [0.15, 0.2) is 29.4 Å². The van der Waals surface area contributed by atoms with Crippen LogP contribution in [0.1, 0.15) is 11.1 Å². The SMILES string of the molecule is COc1cc(C)c(S(=O)(=O)Nc2ncc[nH]2)c(C)c1. The van der Waals surface area contributed by atoms with Crippen LogP contribution in [0, 0.1) is 13.8 Å². The molecule has 0 saturated carbocycles. The molecule has 2 rings (SSSR count). The number of benzene rings is 1. The van der Waals surface area contributed by atoms with Gasteiger partial charge in [0.25, 0.3) is 10.0 Å². The third-order valence-corrected chi connectivity index (χ3v) is 4.31. The Morgan fingerprint density at radius 2 is 1.89 bits per heavy atom. The Hall–Kier alpha value is -2.02. The molecule has 1 heterocycles. The van der Waals surface area contributed by atoms with Gasteiger partial charge in [0.1, 0.15) is 5.75 Å². The van der Waals surface area contributed by atoms with Crippen molar-refractivity contribution < 1.29 is 13.2 Å². The minimum absolute atomic E-state index is 0.189. The van der Waals surface area contributed by atoms with Crippen molar-refractivity contribution in [2.75, 3.05) is 11.8 Å². The van der Waals surface area contributed by atoms with Crippen LogP contribution < -0.4 is 9.46 Å². The second-order valence-electron chi connectivity index (χ2n) is 4.13. The van der Waals surface area contributed by atoms with Gasteiger partial charge in [-0.3, -0.25) is 0 Å². The van der Waals surface area contributed by atoms with Crippen molar-refractivity contribution in [3.63, 3.8) is 0 Å². The number of nitrogens with zero attached hydrogens (tertiary/aromatic N) is 1. The van der Waals surface area contributed by atoms with Crippen molar-refractivity contribution >= 4 is 16.0 Å². The Bertz CT molecular complexity index is 655. The molecule has 0 aliphatic heterocycles. The normalized spacial score (nSPS) is 11.3. The van der Waals surface area contributed by atoms with Gasteiger partial charge in [0, 0.05) is 12.4 Å². The highest BCUT2D eigenvalue weighted by Crippen LogP contribution is 2.26. The lowest BCUT2D eigenvalue weighted by atomic mass is 10.1. The maximum absolute atomic E-state index is 12.3. The quantitative estimate of drug-likeness (QED) is 0.895. The molecular weight excluding hydrogens is 266 g/mol. The summed E-state index contributed by atoms with van der Waals surface area (Å²) in [6, 6.07) is 3.37. The first kappa shape index (κ1) is 13.4. The Kier molecular flexibility index (Phi) is 3.48. The summed E-state index contributed by atoms with van der Waals surface area (Å²) in [6.45, 7) is 3.46. The molecule has 0 aliphatic rings. The monoisotopic (exact) mass is 281 g/mol. The fourth-order valence-electron chi connectivity index (χ4n) is 1.95. The third-order valence-electron chi connectivity index (χ3n) is 2.67. The molecule has 0 atom stereocenters. The molecular formula is C12H15N3O3S. The largest absolute Gasteiger partial charge is 0.497 e. The summed E-state index contributed by atoms with van der Waals surface area (Å²) in [5, 5.41) is 0. The lowest BCUT2D eigenvalue weighted by molar-refractivity contribution is 0.413. The summed E-state index contributed by atoms with van der Waals surface area (Å²) < 4.78 is 32.2. The number of aromatic amines is 1. The zero-order valence-corrected chi connectivity index (χ0v) is 11.7. The first-order chi connectivity index (χ1) is 8.94. The van der Waals surface area contributed by atoms with Gasteiger partial charge >= 0.3 is 0 Å². The zero-order valence-electron chi connectivity index (χ0n) is 10.9. The van der Waals surface area contributed by atoms with Crippen LogP contribution in [0.4, 0.5) is 5.95 Å². The van der Waals surface area contributed by atoms with Crippen LogP contribution >= 0.6 is 0 Å². The summed E-state index contributed by atoms with van der Waals surface area (Å²) >= 11 is 0. The van der Waals surface area contributed by atoms with Crippen LogP contribution in [0.25, 0.3) is 0 Å². The molecule has 0 amide bonds. The highest BCUT2D eigenvalue weighted by molar-refractivity contribution is 7.92. The number of sulfonamides is 1. The van der Waals surface area contributed by atoms with E-state index in [1.54, 1.807) is 39.3 Å². The summed E-state index contributed by atoms with van der Waals surface area (Å²) in [5.74, 6) is 0.821. The van der Waals surface area contributed by atoms with E-state index in [1.807, 2.05) is 0 Å². The average Bonchev–Trinajstić information content (AvgIpc) is 2.79. The van der Waals surface area contributed by atoms with Crippen LogP contribution in [-0.2, 0) is 10.0 Å². The highest BCUT2D eigenvalue weighted by atomic mass is 32.2. The second kappa shape index (κ2) is 4.93. The van der Waals surface area contributed by atoms with Crippen molar-refractivity contribution in [2.24, 2.45) is 0 Å². The van der Waals surface area contributed by atoms with E-state index in [9.17, 15) is 8.42 Å². The van der Waals surface area contributed by atoms with Crippen LogP contribution in [-0.4, -0.2) is 25.5 Å². The lowest BCUT2D eigenvalue weighted by Gasteiger charge is -2.13. The lowest BCUT2D eigenvalue weighted by Crippen LogP contribution is -2.16. The molecule has 102 valence electrons. The number of anilines is 1. The molecule has 2 N–H and O–H groups in total. The van der Waals surface area contributed by atoms with Gasteiger partial charge in [-0.2, -0.15) is 0 Å².